The van der Waals surface area contributed by atoms with Crippen LogP contribution in [0.2, 0.25) is 10.0 Å². The van der Waals surface area contributed by atoms with E-state index in [2.05, 4.69) is 5.32 Å². The Hall–Kier alpha value is -2.62. The van der Waals surface area contributed by atoms with Crippen molar-refractivity contribution in [1.82, 2.24) is 0 Å². The fraction of sp³-hybridized carbons (Fsp3) is 0. The van der Waals surface area contributed by atoms with Crippen molar-refractivity contribution in [1.29, 1.82) is 0 Å². The summed E-state index contributed by atoms with van der Waals surface area (Å²) in [4.78, 5) is 24.9. The highest BCUT2D eigenvalue weighted by atomic mass is 35.5. The fourth-order valence-corrected chi connectivity index (χ4v) is 2.78. The molecule has 1 amide bonds. The quantitative estimate of drug-likeness (QED) is 0.619. The molecule has 3 aromatic rings. The van der Waals surface area contributed by atoms with Crippen molar-refractivity contribution in [3.05, 3.63) is 99.5 Å². The summed E-state index contributed by atoms with van der Waals surface area (Å²) in [5.74, 6) is -0.505. The van der Waals surface area contributed by atoms with E-state index in [1.165, 1.54) is 0 Å². The number of hydrogen-bond acceptors (Lipinski definition) is 2. The van der Waals surface area contributed by atoms with Crippen molar-refractivity contribution >= 4 is 40.6 Å². The molecule has 0 fully saturated rings. The van der Waals surface area contributed by atoms with Gasteiger partial charge in [0.05, 0.1) is 5.02 Å². The number of hydrogen-bond donors (Lipinski definition) is 1. The highest BCUT2D eigenvalue weighted by Gasteiger charge is 2.13. The molecule has 25 heavy (non-hydrogen) atoms. The van der Waals surface area contributed by atoms with Gasteiger partial charge in [-0.05, 0) is 42.5 Å². The summed E-state index contributed by atoms with van der Waals surface area (Å²) in [7, 11) is 0. The van der Waals surface area contributed by atoms with Crippen LogP contribution >= 0.6 is 23.2 Å². The van der Waals surface area contributed by atoms with Crippen LogP contribution in [0.5, 0.6) is 0 Å². The smallest absolute Gasteiger partial charge is 0.255 e. The minimum Gasteiger partial charge on any atom is -0.322 e. The lowest BCUT2D eigenvalue weighted by Crippen LogP contribution is -2.12. The maximum absolute atomic E-state index is 12.6. The van der Waals surface area contributed by atoms with Crippen molar-refractivity contribution in [2.75, 3.05) is 5.32 Å². The van der Waals surface area contributed by atoms with Gasteiger partial charge in [0.25, 0.3) is 5.91 Å². The van der Waals surface area contributed by atoms with E-state index in [1.807, 2.05) is 0 Å². The number of nitrogens with one attached hydrogen (secondary N) is 1. The van der Waals surface area contributed by atoms with Gasteiger partial charge in [-0.1, -0.05) is 53.5 Å². The summed E-state index contributed by atoms with van der Waals surface area (Å²) in [6.07, 6.45) is 0. The molecule has 0 radical (unpaired) electrons. The van der Waals surface area contributed by atoms with Gasteiger partial charge in [0, 0.05) is 27.4 Å². The first-order valence-corrected chi connectivity index (χ1v) is 8.26. The van der Waals surface area contributed by atoms with Crippen molar-refractivity contribution in [2.45, 2.75) is 0 Å². The topological polar surface area (TPSA) is 46.2 Å². The molecule has 124 valence electrons. The Kier molecular flexibility index (Phi) is 5.17. The average molecular weight is 370 g/mol. The Labute approximate surface area is 155 Å². The number of rotatable bonds is 4. The van der Waals surface area contributed by atoms with Crippen LogP contribution in [0.3, 0.4) is 0 Å². The zero-order valence-electron chi connectivity index (χ0n) is 13.0. The van der Waals surface area contributed by atoms with Gasteiger partial charge in [-0.2, -0.15) is 0 Å². The van der Waals surface area contributed by atoms with E-state index < -0.39 is 0 Å². The van der Waals surface area contributed by atoms with E-state index in [-0.39, 0.29) is 11.7 Å². The predicted octanol–water partition coefficient (Wildman–Crippen LogP) is 5.48. The van der Waals surface area contributed by atoms with Gasteiger partial charge in [0.1, 0.15) is 0 Å². The number of amides is 1. The molecular weight excluding hydrogens is 357 g/mol. The summed E-state index contributed by atoms with van der Waals surface area (Å²) in [6, 6.07) is 20.2. The Morgan fingerprint density at radius 3 is 2.24 bits per heavy atom. The summed E-state index contributed by atoms with van der Waals surface area (Å²) < 4.78 is 0. The van der Waals surface area contributed by atoms with Gasteiger partial charge < -0.3 is 5.32 Å². The van der Waals surface area contributed by atoms with Gasteiger partial charge in [-0.3, -0.25) is 9.59 Å². The molecule has 0 aliphatic carbocycles. The number of carbonyl (C=O) groups is 2. The second-order valence-electron chi connectivity index (χ2n) is 5.35. The van der Waals surface area contributed by atoms with Crippen molar-refractivity contribution in [2.24, 2.45) is 0 Å². The Morgan fingerprint density at radius 2 is 1.48 bits per heavy atom. The first-order chi connectivity index (χ1) is 12.0. The van der Waals surface area contributed by atoms with Crippen molar-refractivity contribution in [3.8, 4) is 0 Å². The van der Waals surface area contributed by atoms with Crippen LogP contribution in [0.4, 0.5) is 5.69 Å². The normalized spacial score (nSPS) is 10.3. The number of anilines is 1. The number of ketones is 1. The van der Waals surface area contributed by atoms with E-state index in [0.717, 1.165) is 0 Å². The van der Waals surface area contributed by atoms with Crippen LogP contribution in [0.15, 0.2) is 72.8 Å². The molecule has 0 atom stereocenters. The van der Waals surface area contributed by atoms with E-state index in [1.54, 1.807) is 72.8 Å². The summed E-state index contributed by atoms with van der Waals surface area (Å²) >= 11 is 12.0. The molecule has 0 aliphatic rings. The lowest BCUT2D eigenvalue weighted by molar-refractivity contribution is 0.102. The molecule has 5 heteroatoms. The van der Waals surface area contributed by atoms with Gasteiger partial charge in [-0.15, -0.1) is 0 Å². The molecule has 0 saturated carbocycles. The summed E-state index contributed by atoms with van der Waals surface area (Å²) in [6.45, 7) is 0. The van der Waals surface area contributed by atoms with E-state index in [0.29, 0.717) is 32.4 Å². The third-order valence-electron chi connectivity index (χ3n) is 3.59. The minimum atomic E-state index is -0.301. The lowest BCUT2D eigenvalue weighted by atomic mass is 10.0. The molecule has 1 N–H and O–H groups in total. The first-order valence-electron chi connectivity index (χ1n) is 7.51. The number of benzene rings is 3. The molecule has 0 unspecified atom stereocenters. The summed E-state index contributed by atoms with van der Waals surface area (Å²) in [5, 5.41) is 3.64. The second kappa shape index (κ2) is 7.51. The maximum atomic E-state index is 12.6. The molecule has 3 aromatic carbocycles. The van der Waals surface area contributed by atoms with Gasteiger partial charge in [0.15, 0.2) is 5.78 Å². The molecule has 0 aromatic heterocycles. The highest BCUT2D eigenvalue weighted by Crippen LogP contribution is 2.21. The van der Waals surface area contributed by atoms with Gasteiger partial charge in [-0.25, -0.2) is 0 Å². The van der Waals surface area contributed by atoms with Crippen LogP contribution in [0, 0.1) is 0 Å². The largest absolute Gasteiger partial charge is 0.322 e. The Bertz CT molecular complexity index is 954. The SMILES string of the molecule is O=C(Nc1cccc(C(=O)c2ccccc2Cl)c1)c1cccc(Cl)c1. The van der Waals surface area contributed by atoms with Gasteiger partial charge in [0.2, 0.25) is 0 Å². The number of halogens is 2. The second-order valence-corrected chi connectivity index (χ2v) is 6.20. The Morgan fingerprint density at radius 1 is 0.760 bits per heavy atom. The number of carbonyl (C=O) groups excluding carboxylic acids is 2. The van der Waals surface area contributed by atoms with E-state index in [4.69, 9.17) is 23.2 Å². The molecular formula is C20H13Cl2NO2. The molecule has 0 aliphatic heterocycles. The van der Waals surface area contributed by atoms with Crippen molar-refractivity contribution < 1.29 is 9.59 Å². The van der Waals surface area contributed by atoms with E-state index >= 15 is 0 Å². The molecule has 0 saturated heterocycles. The molecule has 3 nitrogen and oxygen atoms in total. The average Bonchev–Trinajstić information content (AvgIpc) is 2.62. The first kappa shape index (κ1) is 17.2. The van der Waals surface area contributed by atoms with Crippen LogP contribution in [-0.2, 0) is 0 Å². The van der Waals surface area contributed by atoms with Crippen LogP contribution in [-0.4, -0.2) is 11.7 Å². The third-order valence-corrected chi connectivity index (χ3v) is 4.15. The fourth-order valence-electron chi connectivity index (χ4n) is 2.37. The molecule has 0 heterocycles. The predicted molar refractivity (Wildman–Crippen MR) is 101 cm³/mol. The van der Waals surface area contributed by atoms with Gasteiger partial charge >= 0.3 is 0 Å². The molecule has 3 rings (SSSR count). The third kappa shape index (κ3) is 4.08. The standard InChI is InChI=1S/C20H13Cl2NO2/c21-15-7-3-6-14(11-15)20(25)23-16-8-4-5-13(12-16)19(24)17-9-1-2-10-18(17)22/h1-12H,(H,23,25). The van der Waals surface area contributed by atoms with E-state index in [9.17, 15) is 9.59 Å². The monoisotopic (exact) mass is 369 g/mol. The van der Waals surface area contributed by atoms with Crippen LogP contribution in [0.1, 0.15) is 26.3 Å². The molecule has 0 bridgehead atoms. The van der Waals surface area contributed by atoms with Crippen LogP contribution < -0.4 is 5.32 Å². The lowest BCUT2D eigenvalue weighted by Gasteiger charge is -2.08. The van der Waals surface area contributed by atoms with Crippen molar-refractivity contribution in [3.63, 3.8) is 0 Å². The highest BCUT2D eigenvalue weighted by molar-refractivity contribution is 6.35. The minimum absolute atomic E-state index is 0.204. The van der Waals surface area contributed by atoms with Crippen LogP contribution in [0.25, 0.3) is 0 Å². The zero-order chi connectivity index (χ0) is 17.8. The zero-order valence-corrected chi connectivity index (χ0v) is 14.5. The summed E-state index contributed by atoms with van der Waals surface area (Å²) in [5.41, 5.74) is 1.82. The Balaban J connectivity index is 1.83. The maximum Gasteiger partial charge on any atom is 0.255 e. The molecule has 0 spiro atoms.